The van der Waals surface area contributed by atoms with Crippen molar-refractivity contribution in [1.82, 2.24) is 0 Å². The van der Waals surface area contributed by atoms with Crippen LogP contribution in [0.15, 0.2) is 40.9 Å². The van der Waals surface area contributed by atoms with Crippen molar-refractivity contribution in [3.8, 4) is 0 Å². The average molecular weight is 336 g/mol. The number of anilines is 1. The molecule has 1 aromatic carbocycles. The molecular weight excluding hydrogens is 322 g/mol. The van der Waals surface area contributed by atoms with Crippen LogP contribution in [0.3, 0.4) is 0 Å². The summed E-state index contributed by atoms with van der Waals surface area (Å²) in [6.45, 7) is 0. The Bertz CT molecular complexity index is 581. The Labute approximate surface area is 125 Å². The highest BCUT2D eigenvalue weighted by Crippen LogP contribution is 2.48. The van der Waals surface area contributed by atoms with E-state index < -0.39 is 17.8 Å². The molecule has 4 nitrogen and oxygen atoms in total. The summed E-state index contributed by atoms with van der Waals surface area (Å²) in [5, 5.41) is 12.2. The normalized spacial score (nSPS) is 30.4. The predicted octanol–water partition coefficient (Wildman–Crippen LogP) is 2.91. The van der Waals surface area contributed by atoms with Gasteiger partial charge in [0.05, 0.1) is 11.8 Å². The minimum Gasteiger partial charge on any atom is -0.481 e. The van der Waals surface area contributed by atoms with Crippen LogP contribution in [-0.4, -0.2) is 17.0 Å². The fraction of sp³-hybridized carbons (Fsp3) is 0.333. The van der Waals surface area contributed by atoms with Gasteiger partial charge in [0.25, 0.3) is 0 Å². The number of amides is 1. The number of carboxylic acid groups (broad SMARTS) is 1. The lowest BCUT2D eigenvalue weighted by molar-refractivity contribution is -0.146. The third-order valence-electron chi connectivity index (χ3n) is 4.16. The summed E-state index contributed by atoms with van der Waals surface area (Å²) in [5.41, 5.74) is 0.689. The number of carboxylic acids is 1. The molecule has 0 spiro atoms. The van der Waals surface area contributed by atoms with Crippen molar-refractivity contribution >= 4 is 33.5 Å². The summed E-state index contributed by atoms with van der Waals surface area (Å²) in [6.07, 6.45) is 4.69. The number of hydrogen-bond donors (Lipinski definition) is 2. The Morgan fingerprint density at radius 1 is 1.10 bits per heavy atom. The lowest BCUT2D eigenvalue weighted by Gasteiger charge is -2.23. The highest BCUT2D eigenvalue weighted by Gasteiger charge is 2.51. The van der Waals surface area contributed by atoms with Gasteiger partial charge in [0.1, 0.15) is 0 Å². The van der Waals surface area contributed by atoms with Crippen molar-refractivity contribution in [2.45, 2.75) is 6.42 Å². The van der Waals surface area contributed by atoms with Crippen LogP contribution in [-0.2, 0) is 9.59 Å². The molecule has 0 saturated heterocycles. The number of carbonyl (C=O) groups excluding carboxylic acids is 1. The molecule has 0 aromatic heterocycles. The summed E-state index contributed by atoms with van der Waals surface area (Å²) in [5.74, 6) is -2.09. The SMILES string of the molecule is O=C(Nc1ccc(Br)cc1)[C@H]1[C@H](C(=O)O)[C@H]2C=C[C@@H]1C2. The van der Waals surface area contributed by atoms with E-state index in [-0.39, 0.29) is 17.7 Å². The van der Waals surface area contributed by atoms with Crippen LogP contribution in [0.5, 0.6) is 0 Å². The molecule has 104 valence electrons. The van der Waals surface area contributed by atoms with Gasteiger partial charge in [-0.25, -0.2) is 0 Å². The van der Waals surface area contributed by atoms with Crippen LogP contribution in [0.1, 0.15) is 6.42 Å². The van der Waals surface area contributed by atoms with Crippen molar-refractivity contribution in [3.63, 3.8) is 0 Å². The van der Waals surface area contributed by atoms with E-state index in [1.807, 2.05) is 24.3 Å². The molecule has 1 amide bonds. The van der Waals surface area contributed by atoms with E-state index in [1.165, 1.54) is 0 Å². The van der Waals surface area contributed by atoms with Crippen LogP contribution in [0, 0.1) is 23.7 Å². The molecular formula is C15H14BrNO3. The molecule has 2 N–H and O–H groups in total. The first-order valence-electron chi connectivity index (χ1n) is 6.54. The standard InChI is InChI=1S/C15H14BrNO3/c16-10-3-5-11(6-4-10)17-14(18)12-8-1-2-9(7-8)13(12)15(19)20/h1-6,8-9,12-13H,7H2,(H,17,18)(H,19,20)/t8-,9+,12-,13-/m1/s1. The fourth-order valence-corrected chi connectivity index (χ4v) is 3.54. The molecule has 0 radical (unpaired) electrons. The minimum absolute atomic E-state index is 0.00170. The zero-order valence-electron chi connectivity index (χ0n) is 10.6. The van der Waals surface area contributed by atoms with E-state index in [2.05, 4.69) is 21.2 Å². The zero-order valence-corrected chi connectivity index (χ0v) is 12.2. The number of rotatable bonds is 3. The first kappa shape index (κ1) is 13.4. The van der Waals surface area contributed by atoms with Gasteiger partial charge in [0.15, 0.2) is 0 Å². The molecule has 2 bridgehead atoms. The third kappa shape index (κ3) is 2.26. The number of allylic oxidation sites excluding steroid dienone is 2. The second-order valence-corrected chi connectivity index (χ2v) is 6.25. The number of halogens is 1. The molecule has 1 aromatic rings. The van der Waals surface area contributed by atoms with Crippen LogP contribution in [0.2, 0.25) is 0 Å². The van der Waals surface area contributed by atoms with E-state index in [1.54, 1.807) is 12.1 Å². The van der Waals surface area contributed by atoms with Gasteiger partial charge in [-0.1, -0.05) is 28.1 Å². The smallest absolute Gasteiger partial charge is 0.307 e. The number of hydrogen-bond acceptors (Lipinski definition) is 2. The van der Waals surface area contributed by atoms with E-state index in [9.17, 15) is 14.7 Å². The Morgan fingerprint density at radius 3 is 2.30 bits per heavy atom. The van der Waals surface area contributed by atoms with Crippen molar-refractivity contribution in [2.75, 3.05) is 5.32 Å². The second kappa shape index (κ2) is 5.05. The van der Waals surface area contributed by atoms with Crippen LogP contribution >= 0.6 is 15.9 Å². The Hall–Kier alpha value is -1.62. The average Bonchev–Trinajstić information content (AvgIpc) is 3.01. The van der Waals surface area contributed by atoms with E-state index in [4.69, 9.17) is 0 Å². The molecule has 1 saturated carbocycles. The number of aliphatic carboxylic acids is 1. The van der Waals surface area contributed by atoms with E-state index >= 15 is 0 Å². The van der Waals surface area contributed by atoms with Gasteiger partial charge in [-0.3, -0.25) is 9.59 Å². The zero-order chi connectivity index (χ0) is 14.3. The van der Waals surface area contributed by atoms with Crippen molar-refractivity contribution in [2.24, 2.45) is 23.7 Å². The summed E-state index contributed by atoms with van der Waals surface area (Å²) >= 11 is 3.33. The van der Waals surface area contributed by atoms with Crippen LogP contribution in [0.4, 0.5) is 5.69 Å². The van der Waals surface area contributed by atoms with Crippen molar-refractivity contribution < 1.29 is 14.7 Å². The van der Waals surface area contributed by atoms with Gasteiger partial charge in [-0.2, -0.15) is 0 Å². The lowest BCUT2D eigenvalue weighted by Crippen LogP contribution is -2.36. The monoisotopic (exact) mass is 335 g/mol. The van der Waals surface area contributed by atoms with Gasteiger partial charge in [0.2, 0.25) is 5.91 Å². The van der Waals surface area contributed by atoms with E-state index in [0.717, 1.165) is 10.9 Å². The lowest BCUT2D eigenvalue weighted by atomic mass is 9.82. The first-order chi connectivity index (χ1) is 9.56. The maximum absolute atomic E-state index is 12.4. The molecule has 2 aliphatic rings. The quantitative estimate of drug-likeness (QED) is 0.834. The molecule has 20 heavy (non-hydrogen) atoms. The fourth-order valence-electron chi connectivity index (χ4n) is 3.28. The van der Waals surface area contributed by atoms with Gasteiger partial charge in [-0.05, 0) is 42.5 Å². The highest BCUT2D eigenvalue weighted by atomic mass is 79.9. The second-order valence-electron chi connectivity index (χ2n) is 5.33. The van der Waals surface area contributed by atoms with Gasteiger partial charge >= 0.3 is 5.97 Å². The van der Waals surface area contributed by atoms with Gasteiger partial charge < -0.3 is 10.4 Å². The Balaban J connectivity index is 1.78. The number of fused-ring (bicyclic) bond motifs is 2. The summed E-state index contributed by atoms with van der Waals surface area (Å²) < 4.78 is 0.932. The van der Waals surface area contributed by atoms with Gasteiger partial charge in [0, 0.05) is 10.2 Å². The molecule has 5 heteroatoms. The summed E-state index contributed by atoms with van der Waals surface area (Å²) in [4.78, 5) is 23.8. The largest absolute Gasteiger partial charge is 0.481 e. The molecule has 4 atom stereocenters. The maximum atomic E-state index is 12.4. The highest BCUT2D eigenvalue weighted by molar-refractivity contribution is 9.10. The van der Waals surface area contributed by atoms with Crippen molar-refractivity contribution in [3.05, 3.63) is 40.9 Å². The predicted molar refractivity (Wildman–Crippen MR) is 78.1 cm³/mol. The molecule has 0 unspecified atom stereocenters. The first-order valence-corrected chi connectivity index (χ1v) is 7.33. The Kier molecular flexibility index (Phi) is 3.38. The number of carbonyl (C=O) groups is 2. The molecule has 0 aliphatic heterocycles. The van der Waals surface area contributed by atoms with E-state index in [0.29, 0.717) is 5.69 Å². The summed E-state index contributed by atoms with van der Waals surface area (Å²) in [6, 6.07) is 7.26. The topological polar surface area (TPSA) is 66.4 Å². The molecule has 3 rings (SSSR count). The summed E-state index contributed by atoms with van der Waals surface area (Å²) in [7, 11) is 0. The Morgan fingerprint density at radius 2 is 1.70 bits per heavy atom. The molecule has 0 heterocycles. The third-order valence-corrected chi connectivity index (χ3v) is 4.69. The van der Waals surface area contributed by atoms with Crippen LogP contribution in [0.25, 0.3) is 0 Å². The van der Waals surface area contributed by atoms with Crippen LogP contribution < -0.4 is 5.32 Å². The molecule has 1 fully saturated rings. The van der Waals surface area contributed by atoms with Gasteiger partial charge in [-0.15, -0.1) is 0 Å². The minimum atomic E-state index is -0.877. The maximum Gasteiger partial charge on any atom is 0.307 e. The number of nitrogens with one attached hydrogen (secondary N) is 1. The van der Waals surface area contributed by atoms with Crippen molar-refractivity contribution in [1.29, 1.82) is 0 Å². The number of benzene rings is 1. The molecule has 2 aliphatic carbocycles.